The smallest absolute Gasteiger partial charge is 0.248 e. The van der Waals surface area contributed by atoms with Crippen molar-refractivity contribution >= 4 is 5.91 Å². The summed E-state index contributed by atoms with van der Waals surface area (Å²) in [5.41, 5.74) is 1.06. The number of carbonyl (C=O) groups excluding carboxylic acids is 1. The molecular weight excluding hydrogens is 306 g/mol. The fourth-order valence-electron chi connectivity index (χ4n) is 2.70. The molecule has 0 spiro atoms. The van der Waals surface area contributed by atoms with Crippen LogP contribution in [0.5, 0.6) is 5.88 Å². The molecule has 0 aliphatic carbocycles. The number of hydrogen-bond donors (Lipinski definition) is 0. The Morgan fingerprint density at radius 1 is 1.25 bits per heavy atom. The quantitative estimate of drug-likeness (QED) is 0.812. The maximum Gasteiger partial charge on any atom is 0.248 e. The lowest BCUT2D eigenvalue weighted by molar-refractivity contribution is -0.139. The maximum atomic E-state index is 12.3. The number of rotatable bonds is 6. The number of likely N-dealkylation sites (tertiary alicyclic amines) is 1. The third kappa shape index (κ3) is 4.76. The van der Waals surface area contributed by atoms with Gasteiger partial charge in [0.05, 0.1) is 19.3 Å². The molecule has 0 bridgehead atoms. The van der Waals surface area contributed by atoms with E-state index >= 15 is 0 Å². The highest BCUT2D eigenvalue weighted by molar-refractivity contribution is 5.77. The Labute approximate surface area is 141 Å². The zero-order valence-corrected chi connectivity index (χ0v) is 13.5. The van der Waals surface area contributed by atoms with Crippen molar-refractivity contribution in [1.29, 1.82) is 0 Å². The van der Waals surface area contributed by atoms with Gasteiger partial charge in [-0.1, -0.05) is 30.3 Å². The molecule has 0 saturated carbocycles. The van der Waals surface area contributed by atoms with Crippen LogP contribution in [0.1, 0.15) is 18.4 Å². The van der Waals surface area contributed by atoms with E-state index < -0.39 is 0 Å². The van der Waals surface area contributed by atoms with Crippen LogP contribution in [-0.4, -0.2) is 46.6 Å². The lowest BCUT2D eigenvalue weighted by Crippen LogP contribution is -2.45. The summed E-state index contributed by atoms with van der Waals surface area (Å²) in [7, 11) is 0. The largest absolute Gasteiger partial charge is 0.471 e. The molecule has 1 saturated heterocycles. The Kier molecular flexibility index (Phi) is 5.74. The van der Waals surface area contributed by atoms with Gasteiger partial charge in [-0.05, 0) is 18.4 Å². The molecule has 1 aliphatic rings. The highest BCUT2D eigenvalue weighted by atomic mass is 16.5. The Balaban J connectivity index is 1.44. The second-order valence-corrected chi connectivity index (χ2v) is 5.74. The van der Waals surface area contributed by atoms with Crippen LogP contribution < -0.4 is 4.74 Å². The summed E-state index contributed by atoms with van der Waals surface area (Å²) in [5.74, 6) is 0.496. The summed E-state index contributed by atoms with van der Waals surface area (Å²) < 4.78 is 11.3. The van der Waals surface area contributed by atoms with Gasteiger partial charge in [-0.25, -0.2) is 4.98 Å². The molecule has 0 N–H and O–H groups in total. The predicted molar refractivity (Wildman–Crippen MR) is 88.4 cm³/mol. The van der Waals surface area contributed by atoms with Gasteiger partial charge in [0.15, 0.2) is 0 Å². The first-order valence-corrected chi connectivity index (χ1v) is 8.13. The second-order valence-electron chi connectivity index (χ2n) is 5.74. The molecule has 1 fully saturated rings. The zero-order chi connectivity index (χ0) is 16.6. The topological polar surface area (TPSA) is 64.5 Å². The first-order valence-electron chi connectivity index (χ1n) is 8.13. The van der Waals surface area contributed by atoms with Gasteiger partial charge in [0, 0.05) is 18.9 Å². The second kappa shape index (κ2) is 8.40. The van der Waals surface area contributed by atoms with Crippen LogP contribution in [0.4, 0.5) is 0 Å². The summed E-state index contributed by atoms with van der Waals surface area (Å²) in [6.07, 6.45) is 6.56. The molecule has 1 amide bonds. The van der Waals surface area contributed by atoms with Crippen molar-refractivity contribution in [2.24, 2.45) is 0 Å². The third-order valence-electron chi connectivity index (χ3n) is 3.89. The average Bonchev–Trinajstić information content (AvgIpc) is 2.64. The van der Waals surface area contributed by atoms with E-state index in [1.54, 1.807) is 23.5 Å². The minimum Gasteiger partial charge on any atom is -0.471 e. The standard InChI is InChI=1S/C18H21N3O3/c22-18(14-23-13-15-5-2-1-3-6-15)21-10-4-7-16(12-21)24-17-11-19-8-9-20-17/h1-3,5-6,8-9,11,16H,4,7,10,12-14H2. The SMILES string of the molecule is O=C(COCc1ccccc1)N1CCCC(Oc2cnccn2)C1. The van der Waals surface area contributed by atoms with E-state index in [-0.39, 0.29) is 18.6 Å². The molecule has 3 rings (SSSR count). The molecule has 1 aliphatic heterocycles. The summed E-state index contributed by atoms with van der Waals surface area (Å²) in [5, 5.41) is 0. The molecule has 2 heterocycles. The average molecular weight is 327 g/mol. The Hall–Kier alpha value is -2.47. The Bertz CT molecular complexity index is 636. The first-order chi connectivity index (χ1) is 11.8. The van der Waals surface area contributed by atoms with Crippen LogP contribution in [0.15, 0.2) is 48.9 Å². The van der Waals surface area contributed by atoms with Crippen molar-refractivity contribution in [3.63, 3.8) is 0 Å². The molecule has 6 heteroatoms. The van der Waals surface area contributed by atoms with Crippen LogP contribution in [-0.2, 0) is 16.1 Å². The van der Waals surface area contributed by atoms with Gasteiger partial charge < -0.3 is 14.4 Å². The number of nitrogens with zero attached hydrogens (tertiary/aromatic N) is 3. The summed E-state index contributed by atoms with van der Waals surface area (Å²) in [6, 6.07) is 9.84. The van der Waals surface area contributed by atoms with E-state index in [1.165, 1.54) is 0 Å². The molecule has 24 heavy (non-hydrogen) atoms. The molecule has 126 valence electrons. The van der Waals surface area contributed by atoms with Gasteiger partial charge >= 0.3 is 0 Å². The summed E-state index contributed by atoms with van der Waals surface area (Å²) in [4.78, 5) is 22.2. The van der Waals surface area contributed by atoms with Crippen molar-refractivity contribution in [3.8, 4) is 5.88 Å². The van der Waals surface area contributed by atoms with Crippen molar-refractivity contribution < 1.29 is 14.3 Å². The fourth-order valence-corrected chi connectivity index (χ4v) is 2.70. The van der Waals surface area contributed by atoms with Gasteiger partial charge in [-0.15, -0.1) is 0 Å². The number of hydrogen-bond acceptors (Lipinski definition) is 5. The molecule has 1 unspecified atom stereocenters. The summed E-state index contributed by atoms with van der Waals surface area (Å²) in [6.45, 7) is 1.84. The third-order valence-corrected chi connectivity index (χ3v) is 3.89. The molecule has 1 atom stereocenters. The van der Waals surface area contributed by atoms with Crippen LogP contribution in [0.2, 0.25) is 0 Å². The van der Waals surface area contributed by atoms with E-state index in [1.807, 2.05) is 30.3 Å². The normalized spacial score (nSPS) is 17.5. The fraction of sp³-hybridized carbons (Fsp3) is 0.389. The van der Waals surface area contributed by atoms with Gasteiger partial charge in [-0.3, -0.25) is 9.78 Å². The molecule has 1 aromatic carbocycles. The number of piperidine rings is 1. The lowest BCUT2D eigenvalue weighted by atomic mass is 10.1. The van der Waals surface area contributed by atoms with Crippen molar-refractivity contribution in [2.45, 2.75) is 25.6 Å². The number of amides is 1. The monoisotopic (exact) mass is 327 g/mol. The van der Waals surface area contributed by atoms with Crippen LogP contribution >= 0.6 is 0 Å². The highest BCUT2D eigenvalue weighted by Crippen LogP contribution is 2.16. The van der Waals surface area contributed by atoms with Crippen molar-refractivity contribution in [2.75, 3.05) is 19.7 Å². The van der Waals surface area contributed by atoms with E-state index in [0.29, 0.717) is 19.0 Å². The number of aromatic nitrogens is 2. The van der Waals surface area contributed by atoms with Crippen LogP contribution in [0, 0.1) is 0 Å². The Morgan fingerprint density at radius 3 is 2.92 bits per heavy atom. The minimum absolute atomic E-state index is 0.00150. The maximum absolute atomic E-state index is 12.3. The van der Waals surface area contributed by atoms with E-state index in [0.717, 1.165) is 24.9 Å². The number of ether oxygens (including phenoxy) is 2. The number of carbonyl (C=O) groups is 1. The summed E-state index contributed by atoms with van der Waals surface area (Å²) >= 11 is 0. The van der Waals surface area contributed by atoms with Crippen molar-refractivity contribution in [1.82, 2.24) is 14.9 Å². The van der Waals surface area contributed by atoms with Gasteiger partial charge in [0.2, 0.25) is 11.8 Å². The Morgan fingerprint density at radius 2 is 2.12 bits per heavy atom. The molecule has 6 nitrogen and oxygen atoms in total. The number of benzene rings is 1. The predicted octanol–water partition coefficient (Wildman–Crippen LogP) is 2.06. The van der Waals surface area contributed by atoms with E-state index in [2.05, 4.69) is 9.97 Å². The van der Waals surface area contributed by atoms with Crippen molar-refractivity contribution in [3.05, 3.63) is 54.5 Å². The molecular formula is C18H21N3O3. The molecule has 1 aromatic heterocycles. The lowest BCUT2D eigenvalue weighted by Gasteiger charge is -2.32. The first kappa shape index (κ1) is 16.4. The zero-order valence-electron chi connectivity index (χ0n) is 13.5. The molecule has 2 aromatic rings. The highest BCUT2D eigenvalue weighted by Gasteiger charge is 2.25. The van der Waals surface area contributed by atoms with Crippen LogP contribution in [0.25, 0.3) is 0 Å². The van der Waals surface area contributed by atoms with Crippen LogP contribution in [0.3, 0.4) is 0 Å². The van der Waals surface area contributed by atoms with Gasteiger partial charge in [-0.2, -0.15) is 0 Å². The van der Waals surface area contributed by atoms with Gasteiger partial charge in [0.25, 0.3) is 0 Å². The van der Waals surface area contributed by atoms with E-state index in [4.69, 9.17) is 9.47 Å². The van der Waals surface area contributed by atoms with Gasteiger partial charge in [0.1, 0.15) is 12.7 Å². The minimum atomic E-state index is -0.0477. The van der Waals surface area contributed by atoms with E-state index in [9.17, 15) is 4.79 Å². The molecule has 0 radical (unpaired) electrons.